The zero-order chi connectivity index (χ0) is 17.8. The van der Waals surface area contributed by atoms with Crippen LogP contribution >= 0.6 is 11.6 Å². The van der Waals surface area contributed by atoms with Crippen LogP contribution in [0.1, 0.15) is 10.6 Å². The summed E-state index contributed by atoms with van der Waals surface area (Å²) >= 11 is 5.83. The van der Waals surface area contributed by atoms with E-state index in [2.05, 4.69) is 0 Å². The molecule has 0 saturated carbocycles. The number of hydrogen-bond donors (Lipinski definition) is 0. The monoisotopic (exact) mass is 362 g/mol. The molecule has 3 rings (SSSR count). The van der Waals surface area contributed by atoms with Gasteiger partial charge < -0.3 is 13.9 Å². The molecule has 2 aromatic carbocycles. The number of fused-ring (bicyclic) bond motifs is 1. The predicted octanol–water partition coefficient (Wildman–Crippen LogP) is 3.82. The van der Waals surface area contributed by atoms with E-state index in [1.54, 1.807) is 6.07 Å². The van der Waals surface area contributed by atoms with Crippen LogP contribution in [0.4, 0.5) is 4.39 Å². The van der Waals surface area contributed by atoms with Gasteiger partial charge in [-0.15, -0.1) is 0 Å². The van der Waals surface area contributed by atoms with E-state index < -0.39 is 11.4 Å². The molecule has 0 atom stereocenters. The van der Waals surface area contributed by atoms with Crippen molar-refractivity contribution in [1.82, 2.24) is 0 Å². The first-order chi connectivity index (χ1) is 12.0. The van der Waals surface area contributed by atoms with Crippen LogP contribution in [0.15, 0.2) is 57.7 Å². The van der Waals surface area contributed by atoms with E-state index in [1.165, 1.54) is 36.4 Å². The van der Waals surface area contributed by atoms with E-state index in [9.17, 15) is 14.0 Å². The third-order valence-electron chi connectivity index (χ3n) is 3.29. The van der Waals surface area contributed by atoms with Crippen LogP contribution < -0.4 is 10.2 Å². The van der Waals surface area contributed by atoms with Gasteiger partial charge in [-0.2, -0.15) is 0 Å². The minimum absolute atomic E-state index is 0.0570. The second-order valence-electron chi connectivity index (χ2n) is 5.05. The van der Waals surface area contributed by atoms with Crippen molar-refractivity contribution in [3.8, 4) is 5.75 Å². The summed E-state index contributed by atoms with van der Waals surface area (Å²) in [5.41, 5.74) is -0.148. The number of halogens is 2. The Bertz CT molecular complexity index is 965. The third kappa shape index (κ3) is 4.16. The van der Waals surface area contributed by atoms with E-state index in [0.717, 1.165) is 6.07 Å². The van der Waals surface area contributed by atoms with Gasteiger partial charge in [-0.05, 0) is 42.5 Å². The van der Waals surface area contributed by atoms with Crippen molar-refractivity contribution >= 4 is 28.5 Å². The van der Waals surface area contributed by atoms with Crippen molar-refractivity contribution in [2.24, 2.45) is 0 Å². The molecule has 0 amide bonds. The van der Waals surface area contributed by atoms with E-state index in [0.29, 0.717) is 10.8 Å². The third-order valence-corrected chi connectivity index (χ3v) is 3.52. The first kappa shape index (κ1) is 17.0. The highest BCUT2D eigenvalue weighted by molar-refractivity contribution is 6.31. The summed E-state index contributed by atoms with van der Waals surface area (Å²) in [4.78, 5) is 24.0. The number of carbonyl (C=O) groups is 1. The standard InChI is InChI=1S/C18H12ClFO5/c19-11-1-6-16-14(9-11)15(21)10-17(25-16)18(22)24-8-7-23-13-4-2-12(20)3-5-13/h1-6,9-10H,7-8H2. The molecule has 0 aliphatic rings. The SMILES string of the molecule is O=C(OCCOc1ccc(F)cc1)c1cc(=O)c2cc(Cl)ccc2o1. The number of esters is 1. The summed E-state index contributed by atoms with van der Waals surface area (Å²) < 4.78 is 28.4. The lowest BCUT2D eigenvalue weighted by Gasteiger charge is -2.07. The summed E-state index contributed by atoms with van der Waals surface area (Å²) in [6.07, 6.45) is 0. The summed E-state index contributed by atoms with van der Waals surface area (Å²) in [6, 6.07) is 11.0. The molecule has 1 aromatic heterocycles. The lowest BCUT2D eigenvalue weighted by atomic mass is 10.2. The predicted molar refractivity (Wildman–Crippen MR) is 89.7 cm³/mol. The summed E-state index contributed by atoms with van der Waals surface area (Å²) in [7, 11) is 0. The van der Waals surface area contributed by atoms with Gasteiger partial charge in [-0.3, -0.25) is 4.79 Å². The van der Waals surface area contributed by atoms with Gasteiger partial charge in [0.25, 0.3) is 0 Å². The summed E-state index contributed by atoms with van der Waals surface area (Å²) in [6.45, 7) is 0.0172. The zero-order valence-electron chi connectivity index (χ0n) is 12.8. The van der Waals surface area contributed by atoms with E-state index in [1.807, 2.05) is 0 Å². The van der Waals surface area contributed by atoms with Crippen LogP contribution in [-0.4, -0.2) is 19.2 Å². The number of carbonyl (C=O) groups excluding carboxylic acids is 1. The van der Waals surface area contributed by atoms with Gasteiger partial charge in [-0.25, -0.2) is 9.18 Å². The number of rotatable bonds is 5. The smallest absolute Gasteiger partial charge is 0.374 e. The fraction of sp³-hybridized carbons (Fsp3) is 0.111. The van der Waals surface area contributed by atoms with Crippen molar-refractivity contribution in [3.05, 3.63) is 75.4 Å². The van der Waals surface area contributed by atoms with E-state index >= 15 is 0 Å². The molecule has 3 aromatic rings. The molecule has 0 fully saturated rings. The number of hydrogen-bond acceptors (Lipinski definition) is 5. The molecular weight excluding hydrogens is 351 g/mol. The van der Waals surface area contributed by atoms with Crippen LogP contribution in [0, 0.1) is 5.82 Å². The highest BCUT2D eigenvalue weighted by Gasteiger charge is 2.14. The van der Waals surface area contributed by atoms with Crippen LogP contribution in [-0.2, 0) is 4.74 Å². The topological polar surface area (TPSA) is 65.7 Å². The van der Waals surface area contributed by atoms with Gasteiger partial charge in [0.15, 0.2) is 5.43 Å². The highest BCUT2D eigenvalue weighted by atomic mass is 35.5. The molecule has 0 radical (unpaired) electrons. The van der Waals surface area contributed by atoms with Crippen LogP contribution in [0.5, 0.6) is 5.75 Å². The number of benzene rings is 2. The van der Waals surface area contributed by atoms with Gasteiger partial charge in [-0.1, -0.05) is 11.6 Å². The van der Waals surface area contributed by atoms with Gasteiger partial charge in [0, 0.05) is 11.1 Å². The lowest BCUT2D eigenvalue weighted by molar-refractivity contribution is 0.0415. The Kier molecular flexibility index (Phi) is 5.00. The van der Waals surface area contributed by atoms with Crippen molar-refractivity contribution in [1.29, 1.82) is 0 Å². The van der Waals surface area contributed by atoms with Crippen LogP contribution in [0.3, 0.4) is 0 Å². The largest absolute Gasteiger partial charge is 0.490 e. The van der Waals surface area contributed by atoms with E-state index in [-0.39, 0.29) is 35.8 Å². The lowest BCUT2D eigenvalue weighted by Crippen LogP contribution is -2.14. The van der Waals surface area contributed by atoms with Gasteiger partial charge in [0.2, 0.25) is 5.76 Å². The molecule has 25 heavy (non-hydrogen) atoms. The molecule has 5 nitrogen and oxygen atoms in total. The Balaban J connectivity index is 1.61. The average Bonchev–Trinajstić information content (AvgIpc) is 2.60. The first-order valence-corrected chi connectivity index (χ1v) is 7.69. The molecule has 128 valence electrons. The van der Waals surface area contributed by atoms with Crippen LogP contribution in [0.25, 0.3) is 11.0 Å². The fourth-order valence-electron chi connectivity index (χ4n) is 2.12. The molecule has 0 aliphatic carbocycles. The Morgan fingerprint density at radius 1 is 1.08 bits per heavy atom. The molecule has 7 heteroatoms. The van der Waals surface area contributed by atoms with Gasteiger partial charge in [0.05, 0.1) is 5.39 Å². The fourth-order valence-corrected chi connectivity index (χ4v) is 2.30. The normalized spacial score (nSPS) is 10.6. The molecule has 0 bridgehead atoms. The second-order valence-corrected chi connectivity index (χ2v) is 5.49. The first-order valence-electron chi connectivity index (χ1n) is 7.32. The molecule has 0 saturated heterocycles. The maximum absolute atomic E-state index is 12.8. The maximum atomic E-state index is 12.8. The Morgan fingerprint density at radius 3 is 2.60 bits per heavy atom. The Labute approximate surface area is 146 Å². The molecular formula is C18H12ClFO5. The Morgan fingerprint density at radius 2 is 1.84 bits per heavy atom. The molecule has 0 N–H and O–H groups in total. The molecule has 0 spiro atoms. The van der Waals surface area contributed by atoms with Gasteiger partial charge in [0.1, 0.15) is 30.4 Å². The minimum atomic E-state index is -0.781. The van der Waals surface area contributed by atoms with Crippen molar-refractivity contribution in [3.63, 3.8) is 0 Å². The van der Waals surface area contributed by atoms with Crippen molar-refractivity contribution < 1.29 is 23.1 Å². The van der Waals surface area contributed by atoms with Gasteiger partial charge >= 0.3 is 5.97 Å². The average molecular weight is 363 g/mol. The van der Waals surface area contributed by atoms with Crippen molar-refractivity contribution in [2.45, 2.75) is 0 Å². The maximum Gasteiger partial charge on any atom is 0.374 e. The second kappa shape index (κ2) is 7.36. The van der Waals surface area contributed by atoms with Crippen LogP contribution in [0.2, 0.25) is 5.02 Å². The van der Waals surface area contributed by atoms with E-state index in [4.69, 9.17) is 25.5 Å². The zero-order valence-corrected chi connectivity index (χ0v) is 13.6. The summed E-state index contributed by atoms with van der Waals surface area (Å²) in [5.74, 6) is -0.906. The molecule has 0 unspecified atom stereocenters. The van der Waals surface area contributed by atoms with Crippen molar-refractivity contribution in [2.75, 3.05) is 13.2 Å². The number of ether oxygens (including phenoxy) is 2. The molecule has 1 heterocycles. The highest BCUT2D eigenvalue weighted by Crippen LogP contribution is 2.18. The quantitative estimate of drug-likeness (QED) is 0.510. The Hall–Kier alpha value is -2.86. The summed E-state index contributed by atoms with van der Waals surface area (Å²) in [5, 5.41) is 0.678. The minimum Gasteiger partial charge on any atom is -0.490 e. The molecule has 0 aliphatic heterocycles.